The van der Waals surface area contributed by atoms with Crippen molar-refractivity contribution in [1.82, 2.24) is 4.40 Å². The molecule has 5 aromatic heterocycles. The predicted molar refractivity (Wildman–Crippen MR) is 234 cm³/mol. The van der Waals surface area contributed by atoms with E-state index in [9.17, 15) is 0 Å². The average Bonchev–Trinajstić information content (AvgIpc) is 3.90. The standard InChI is InChI=1S/C54H37N3O/c1-32-30-54-31-36-15-11-19-48(57(36)54)40-26-41-44-24-35(33-12-3-2-4-13-33)25-45-42-27-43-38-17-7-8-20-51(38)58-52(43)29-50(42)56(53(44)45)49(41)28-39(40)46(54)22-21-34-14-5-6-16-37(34)47-18-9-10-23-55(32)47/h2-20,23-29,46H,1,21-22,30-31H2/q+2. The zero-order valence-electron chi connectivity index (χ0n) is 31.9. The van der Waals surface area contributed by atoms with E-state index in [1.807, 2.05) is 0 Å². The number of fused-ring (bicyclic) bond motifs is 15. The van der Waals surface area contributed by atoms with E-state index in [0.717, 1.165) is 53.3 Å². The predicted octanol–water partition coefficient (Wildman–Crippen LogP) is 12.2. The second-order valence-electron chi connectivity index (χ2n) is 17.0. The molecule has 0 amide bonds. The maximum Gasteiger partial charge on any atom is 0.218 e. The van der Waals surface area contributed by atoms with Gasteiger partial charge in [0, 0.05) is 68.2 Å². The van der Waals surface area contributed by atoms with Crippen molar-refractivity contribution in [3.05, 3.63) is 181 Å². The lowest BCUT2D eigenvalue weighted by atomic mass is 9.62. The second kappa shape index (κ2) is 10.9. The first-order valence-electron chi connectivity index (χ1n) is 20.6. The first-order valence-corrected chi connectivity index (χ1v) is 20.6. The topological polar surface area (TPSA) is 25.3 Å². The van der Waals surface area contributed by atoms with Crippen LogP contribution < -0.4 is 9.13 Å². The van der Waals surface area contributed by atoms with Crippen LogP contribution in [0.3, 0.4) is 0 Å². The van der Waals surface area contributed by atoms with Gasteiger partial charge in [0.2, 0.25) is 11.4 Å². The van der Waals surface area contributed by atoms with Crippen molar-refractivity contribution in [2.45, 2.75) is 37.1 Å². The summed E-state index contributed by atoms with van der Waals surface area (Å²) in [5.41, 5.74) is 18.6. The Morgan fingerprint density at radius 2 is 1.36 bits per heavy atom. The molecule has 0 fully saturated rings. The Labute approximate surface area is 334 Å². The van der Waals surface area contributed by atoms with Crippen LogP contribution in [0, 0.1) is 0 Å². The zero-order valence-corrected chi connectivity index (χ0v) is 31.9. The first kappa shape index (κ1) is 31.1. The number of para-hydroxylation sites is 1. The lowest BCUT2D eigenvalue weighted by Crippen LogP contribution is -2.74. The molecule has 11 aromatic rings. The van der Waals surface area contributed by atoms with Crippen molar-refractivity contribution < 1.29 is 13.6 Å². The van der Waals surface area contributed by atoms with Crippen molar-refractivity contribution in [2.24, 2.45) is 0 Å². The molecule has 1 spiro atoms. The summed E-state index contributed by atoms with van der Waals surface area (Å²) in [5.74, 6) is 0.291. The van der Waals surface area contributed by atoms with Crippen LogP contribution in [-0.2, 0) is 18.4 Å². The van der Waals surface area contributed by atoms with E-state index in [1.165, 1.54) is 88.6 Å². The zero-order chi connectivity index (χ0) is 37.9. The Kier molecular flexibility index (Phi) is 5.83. The summed E-state index contributed by atoms with van der Waals surface area (Å²) in [4.78, 5) is 0. The maximum atomic E-state index is 6.56. The number of aromatic nitrogens is 3. The fraction of sp³-hybridized carbons (Fsp3) is 0.111. The van der Waals surface area contributed by atoms with Gasteiger partial charge in [-0.1, -0.05) is 66.7 Å². The fourth-order valence-corrected chi connectivity index (χ4v) is 11.8. The Balaban J connectivity index is 1.09. The summed E-state index contributed by atoms with van der Waals surface area (Å²) in [6.45, 7) is 4.85. The summed E-state index contributed by atoms with van der Waals surface area (Å²) in [5, 5.41) is 7.47. The van der Waals surface area contributed by atoms with Crippen molar-refractivity contribution >= 4 is 65.7 Å². The van der Waals surface area contributed by atoms with Crippen LogP contribution in [0.25, 0.3) is 99.4 Å². The highest BCUT2D eigenvalue weighted by atomic mass is 16.3. The minimum absolute atomic E-state index is 0.114. The number of furan rings is 1. The van der Waals surface area contributed by atoms with Gasteiger partial charge in [-0.05, 0) is 96.3 Å². The molecular formula is C54H37N3O+2. The summed E-state index contributed by atoms with van der Waals surface area (Å²) in [6, 6.07) is 56.5. The van der Waals surface area contributed by atoms with Crippen molar-refractivity contribution in [3.8, 4) is 33.6 Å². The summed E-state index contributed by atoms with van der Waals surface area (Å²) < 4.78 is 14.2. The lowest BCUT2D eigenvalue weighted by Gasteiger charge is -2.46. The number of allylic oxidation sites excluding steroid dienone is 1. The molecule has 2 atom stereocenters. The van der Waals surface area contributed by atoms with Gasteiger partial charge >= 0.3 is 0 Å². The summed E-state index contributed by atoms with van der Waals surface area (Å²) >= 11 is 0. The van der Waals surface area contributed by atoms with E-state index in [2.05, 4.69) is 171 Å². The molecule has 4 nitrogen and oxygen atoms in total. The smallest absolute Gasteiger partial charge is 0.218 e. The normalized spacial score (nSPS) is 18.3. The lowest BCUT2D eigenvalue weighted by molar-refractivity contribution is -0.809. The van der Waals surface area contributed by atoms with Gasteiger partial charge in [-0.25, -0.2) is 0 Å². The molecule has 8 heterocycles. The van der Waals surface area contributed by atoms with Crippen LogP contribution in [0.2, 0.25) is 0 Å². The summed E-state index contributed by atoms with van der Waals surface area (Å²) in [7, 11) is 0. The van der Waals surface area contributed by atoms with Gasteiger partial charge in [0.05, 0.1) is 40.9 Å². The molecule has 3 aliphatic rings. The van der Waals surface area contributed by atoms with Crippen LogP contribution >= 0.6 is 0 Å². The van der Waals surface area contributed by atoms with Crippen LogP contribution in [0.5, 0.6) is 0 Å². The van der Waals surface area contributed by atoms with Crippen LogP contribution in [0.4, 0.5) is 0 Å². The number of rotatable bonds is 1. The Morgan fingerprint density at radius 1 is 0.586 bits per heavy atom. The van der Waals surface area contributed by atoms with Gasteiger partial charge in [-0.15, -0.1) is 0 Å². The van der Waals surface area contributed by atoms with E-state index in [-0.39, 0.29) is 5.54 Å². The van der Waals surface area contributed by atoms with Gasteiger partial charge in [0.15, 0.2) is 23.1 Å². The van der Waals surface area contributed by atoms with Crippen LogP contribution in [0.1, 0.15) is 35.6 Å². The van der Waals surface area contributed by atoms with Gasteiger partial charge in [0.1, 0.15) is 11.2 Å². The Bertz CT molecular complexity index is 3610. The Hall–Kier alpha value is -7.04. The van der Waals surface area contributed by atoms with E-state index in [4.69, 9.17) is 11.0 Å². The molecule has 0 bridgehead atoms. The van der Waals surface area contributed by atoms with Crippen molar-refractivity contribution in [2.75, 3.05) is 0 Å². The van der Waals surface area contributed by atoms with E-state index < -0.39 is 0 Å². The number of pyridine rings is 2. The number of aryl methyl sites for hydroxylation is 1. The molecule has 6 aromatic carbocycles. The molecule has 2 unspecified atom stereocenters. The van der Waals surface area contributed by atoms with Gasteiger partial charge < -0.3 is 8.82 Å². The molecule has 58 heavy (non-hydrogen) atoms. The van der Waals surface area contributed by atoms with Crippen LogP contribution in [0.15, 0.2) is 169 Å². The van der Waals surface area contributed by atoms with Gasteiger partial charge in [-0.2, -0.15) is 9.13 Å². The third-order valence-corrected chi connectivity index (χ3v) is 14.2. The number of benzene rings is 6. The first-order chi connectivity index (χ1) is 28.6. The van der Waals surface area contributed by atoms with Crippen molar-refractivity contribution in [3.63, 3.8) is 0 Å². The Morgan fingerprint density at radius 3 is 2.28 bits per heavy atom. The van der Waals surface area contributed by atoms with Crippen molar-refractivity contribution in [1.29, 1.82) is 0 Å². The molecule has 4 heteroatoms. The number of hydrogen-bond acceptors (Lipinski definition) is 1. The maximum absolute atomic E-state index is 6.56. The van der Waals surface area contributed by atoms with Gasteiger partial charge in [0.25, 0.3) is 0 Å². The molecule has 0 saturated heterocycles. The number of nitrogens with zero attached hydrogens (tertiary/aromatic N) is 3. The average molecular weight is 744 g/mol. The third kappa shape index (κ3) is 3.85. The van der Waals surface area contributed by atoms with E-state index in [0.29, 0.717) is 5.92 Å². The second-order valence-corrected chi connectivity index (χ2v) is 17.0. The monoisotopic (exact) mass is 743 g/mol. The molecule has 272 valence electrons. The highest BCUT2D eigenvalue weighted by molar-refractivity contribution is 6.27. The van der Waals surface area contributed by atoms with Crippen LogP contribution in [-0.4, -0.2) is 4.40 Å². The molecular weight excluding hydrogens is 707 g/mol. The SMILES string of the molecule is C=C1CC23Cc4cccc([n+]42)-c2cc4c5cc(-c6ccccc6)cc6c7cc8c(cc7n(c4cc2C3CCc2ccccc2-c2cccc[n+]21)c56)oc1ccccc18. The third-order valence-electron chi connectivity index (χ3n) is 14.2. The minimum atomic E-state index is -0.114. The fourth-order valence-electron chi connectivity index (χ4n) is 11.8. The molecule has 0 N–H and O–H groups in total. The number of hydrogen-bond donors (Lipinski definition) is 0. The molecule has 0 radical (unpaired) electrons. The quantitative estimate of drug-likeness (QED) is 0.154. The minimum Gasteiger partial charge on any atom is -0.456 e. The molecule has 14 rings (SSSR count). The largest absolute Gasteiger partial charge is 0.456 e. The summed E-state index contributed by atoms with van der Waals surface area (Å²) in [6.07, 6.45) is 6.18. The highest BCUT2D eigenvalue weighted by Gasteiger charge is 2.63. The van der Waals surface area contributed by atoms with E-state index in [1.54, 1.807) is 0 Å². The molecule has 3 aliphatic heterocycles. The van der Waals surface area contributed by atoms with Gasteiger partial charge in [-0.3, -0.25) is 0 Å². The highest BCUT2D eigenvalue weighted by Crippen LogP contribution is 2.55. The molecule has 0 aliphatic carbocycles. The van der Waals surface area contributed by atoms with E-state index >= 15 is 0 Å². The molecule has 0 saturated carbocycles.